The molecule has 0 N–H and O–H groups in total. The molecular weight excluding hydrogens is 229 g/mol. The smallest absolute Gasteiger partial charge is 0.110 e. The highest BCUT2D eigenvalue weighted by Crippen LogP contribution is 2.40. The van der Waals surface area contributed by atoms with Crippen LogP contribution in [0.1, 0.15) is 25.3 Å². The van der Waals surface area contributed by atoms with Crippen LogP contribution >= 0.6 is 7.14 Å². The molecule has 0 saturated heterocycles. The molecule has 0 aliphatic heterocycles. The Hall–Kier alpha value is -1.14. The second kappa shape index (κ2) is 4.27. The van der Waals surface area contributed by atoms with Crippen LogP contribution in [0.2, 0.25) is 0 Å². The predicted octanol–water partition coefficient (Wildman–Crippen LogP) is 3.61. The topological polar surface area (TPSA) is 30.0 Å². The number of hydrogen-bond donors (Lipinski definition) is 0. The van der Waals surface area contributed by atoms with Crippen LogP contribution in [0.4, 0.5) is 0 Å². The van der Waals surface area contributed by atoms with E-state index in [1.54, 1.807) is 6.20 Å². The summed E-state index contributed by atoms with van der Waals surface area (Å²) < 4.78 is 12.5. The van der Waals surface area contributed by atoms with Crippen LogP contribution in [0.15, 0.2) is 30.5 Å². The molecule has 0 aliphatic carbocycles. The fourth-order valence-electron chi connectivity index (χ4n) is 2.22. The number of nitrogens with zero attached hydrogens (tertiary/aromatic N) is 1. The van der Waals surface area contributed by atoms with E-state index in [4.69, 9.17) is 0 Å². The van der Waals surface area contributed by atoms with Gasteiger partial charge in [0.25, 0.3) is 0 Å². The van der Waals surface area contributed by atoms with Gasteiger partial charge in [-0.25, -0.2) is 0 Å². The molecule has 17 heavy (non-hydrogen) atoms. The summed E-state index contributed by atoms with van der Waals surface area (Å²) in [5.41, 5.74) is 2.11. The first kappa shape index (κ1) is 12.3. The Labute approximate surface area is 102 Å². The molecule has 0 bridgehead atoms. The first-order valence-electron chi connectivity index (χ1n) is 5.84. The van der Waals surface area contributed by atoms with Crippen LogP contribution in [0.25, 0.3) is 10.9 Å². The van der Waals surface area contributed by atoms with Crippen molar-refractivity contribution < 1.29 is 4.57 Å². The van der Waals surface area contributed by atoms with E-state index in [1.807, 2.05) is 31.5 Å². The predicted molar refractivity (Wildman–Crippen MR) is 74.9 cm³/mol. The van der Waals surface area contributed by atoms with E-state index in [-0.39, 0.29) is 0 Å². The van der Waals surface area contributed by atoms with E-state index in [1.165, 1.54) is 5.56 Å². The molecule has 2 nitrogen and oxygen atoms in total. The van der Waals surface area contributed by atoms with Crippen molar-refractivity contribution >= 4 is 23.3 Å². The van der Waals surface area contributed by atoms with Gasteiger partial charge in [0.1, 0.15) is 7.14 Å². The average Bonchev–Trinajstić information content (AvgIpc) is 2.26. The number of hydrogen-bond acceptors (Lipinski definition) is 2. The Bertz CT molecular complexity index is 598. The lowest BCUT2D eigenvalue weighted by molar-refractivity contribution is 0.588. The van der Waals surface area contributed by atoms with Crippen LogP contribution < -0.4 is 5.30 Å². The summed E-state index contributed by atoms with van der Waals surface area (Å²) in [7, 11) is -2.30. The van der Waals surface area contributed by atoms with Gasteiger partial charge in [0.15, 0.2) is 0 Å². The number of aromatic nitrogens is 1. The molecule has 3 heteroatoms. The van der Waals surface area contributed by atoms with Gasteiger partial charge in [0.2, 0.25) is 0 Å². The first-order chi connectivity index (χ1) is 7.91. The Balaban J connectivity index is 2.90. The van der Waals surface area contributed by atoms with Crippen molar-refractivity contribution in [1.82, 2.24) is 4.98 Å². The van der Waals surface area contributed by atoms with Crippen LogP contribution in [-0.2, 0) is 4.57 Å². The molecule has 90 valence electrons. The molecule has 0 unspecified atom stereocenters. The molecule has 0 fully saturated rings. The zero-order valence-electron chi connectivity index (χ0n) is 10.8. The molecule has 0 amide bonds. The Kier molecular flexibility index (Phi) is 3.09. The lowest BCUT2D eigenvalue weighted by Crippen LogP contribution is -2.13. The van der Waals surface area contributed by atoms with Crippen molar-refractivity contribution in [2.75, 3.05) is 13.3 Å². The second-order valence-corrected chi connectivity index (χ2v) is 8.23. The molecule has 0 spiro atoms. The molecule has 1 aromatic carbocycles. The highest BCUT2D eigenvalue weighted by atomic mass is 31.2. The molecule has 1 heterocycles. The van der Waals surface area contributed by atoms with Gasteiger partial charge in [0.05, 0.1) is 5.52 Å². The average molecular weight is 247 g/mol. The van der Waals surface area contributed by atoms with Gasteiger partial charge in [-0.1, -0.05) is 26.0 Å². The molecule has 2 aromatic rings. The van der Waals surface area contributed by atoms with Crippen LogP contribution in [0.3, 0.4) is 0 Å². The van der Waals surface area contributed by atoms with Gasteiger partial charge < -0.3 is 4.57 Å². The maximum absolute atomic E-state index is 12.5. The van der Waals surface area contributed by atoms with E-state index in [0.717, 1.165) is 16.2 Å². The fourth-order valence-corrected chi connectivity index (χ4v) is 3.94. The SMILES string of the molecule is CC(C)c1ccc2ncccc2c1P(C)(C)=O. The van der Waals surface area contributed by atoms with Gasteiger partial charge >= 0.3 is 0 Å². The minimum absolute atomic E-state index is 0.378. The van der Waals surface area contributed by atoms with E-state index in [2.05, 4.69) is 24.9 Å². The molecular formula is C14H18NOP. The number of pyridine rings is 1. The van der Waals surface area contributed by atoms with Crippen molar-refractivity contribution in [3.63, 3.8) is 0 Å². The maximum atomic E-state index is 12.5. The standard InChI is InChI=1S/C14H18NOP/c1-10(2)11-7-8-13-12(6-5-9-15-13)14(11)17(3,4)16/h5-10H,1-4H3. The van der Waals surface area contributed by atoms with Gasteiger partial charge in [-0.15, -0.1) is 0 Å². The van der Waals surface area contributed by atoms with Gasteiger partial charge in [-0.3, -0.25) is 4.98 Å². The number of benzene rings is 1. The maximum Gasteiger partial charge on any atom is 0.110 e. The lowest BCUT2D eigenvalue weighted by atomic mass is 10.0. The summed E-state index contributed by atoms with van der Waals surface area (Å²) in [5.74, 6) is 0.378. The van der Waals surface area contributed by atoms with E-state index < -0.39 is 7.14 Å². The highest BCUT2D eigenvalue weighted by Gasteiger charge is 2.21. The third-order valence-electron chi connectivity index (χ3n) is 2.95. The van der Waals surface area contributed by atoms with Gasteiger partial charge in [-0.2, -0.15) is 0 Å². The van der Waals surface area contributed by atoms with Crippen LogP contribution in [0, 0.1) is 0 Å². The number of fused-ring (bicyclic) bond motifs is 1. The first-order valence-corrected chi connectivity index (χ1v) is 8.44. The Morgan fingerprint density at radius 3 is 2.47 bits per heavy atom. The summed E-state index contributed by atoms with van der Waals surface area (Å²) in [6, 6.07) is 8.01. The highest BCUT2D eigenvalue weighted by molar-refractivity contribution is 7.70. The van der Waals surface area contributed by atoms with Gasteiger partial charge in [-0.05, 0) is 36.9 Å². The van der Waals surface area contributed by atoms with Crippen molar-refractivity contribution in [3.05, 3.63) is 36.0 Å². The van der Waals surface area contributed by atoms with Gasteiger partial charge in [0, 0.05) is 16.9 Å². The number of rotatable bonds is 2. The molecule has 0 radical (unpaired) electrons. The molecule has 0 saturated carbocycles. The third kappa shape index (κ3) is 2.28. The van der Waals surface area contributed by atoms with E-state index >= 15 is 0 Å². The Morgan fingerprint density at radius 1 is 1.18 bits per heavy atom. The summed E-state index contributed by atoms with van der Waals surface area (Å²) in [4.78, 5) is 4.33. The fraction of sp³-hybridized carbons (Fsp3) is 0.357. The summed E-state index contributed by atoms with van der Waals surface area (Å²) >= 11 is 0. The molecule has 2 rings (SSSR count). The lowest BCUT2D eigenvalue weighted by Gasteiger charge is -2.18. The summed E-state index contributed by atoms with van der Waals surface area (Å²) in [6.07, 6.45) is 1.78. The quantitative estimate of drug-likeness (QED) is 0.759. The van der Waals surface area contributed by atoms with Crippen molar-refractivity contribution in [2.24, 2.45) is 0 Å². The van der Waals surface area contributed by atoms with Crippen molar-refractivity contribution in [1.29, 1.82) is 0 Å². The summed E-state index contributed by atoms with van der Waals surface area (Å²) in [6.45, 7) is 7.94. The zero-order chi connectivity index (χ0) is 12.6. The monoisotopic (exact) mass is 247 g/mol. The van der Waals surface area contributed by atoms with Crippen molar-refractivity contribution in [2.45, 2.75) is 19.8 Å². The largest absolute Gasteiger partial charge is 0.319 e. The zero-order valence-corrected chi connectivity index (χ0v) is 11.7. The molecule has 0 atom stereocenters. The van der Waals surface area contributed by atoms with Crippen LogP contribution in [-0.4, -0.2) is 18.3 Å². The second-order valence-electron chi connectivity index (χ2n) is 5.08. The third-order valence-corrected chi connectivity index (χ3v) is 4.52. The minimum Gasteiger partial charge on any atom is -0.319 e. The van der Waals surface area contributed by atoms with E-state index in [9.17, 15) is 4.57 Å². The van der Waals surface area contributed by atoms with Crippen LogP contribution in [0.5, 0.6) is 0 Å². The van der Waals surface area contributed by atoms with Crippen molar-refractivity contribution in [3.8, 4) is 0 Å². The molecule has 0 aliphatic rings. The van der Waals surface area contributed by atoms with E-state index in [0.29, 0.717) is 5.92 Å². The minimum atomic E-state index is -2.30. The Morgan fingerprint density at radius 2 is 1.88 bits per heavy atom. The summed E-state index contributed by atoms with van der Waals surface area (Å²) in [5, 5.41) is 2.03. The molecule has 1 aromatic heterocycles. The normalized spacial score (nSPS) is 12.3.